The molecule has 0 amide bonds. The van der Waals surface area contributed by atoms with Crippen molar-refractivity contribution in [2.24, 2.45) is 7.05 Å². The number of hydrogen-bond donors (Lipinski definition) is 1. The van der Waals surface area contributed by atoms with E-state index in [0.717, 1.165) is 36.0 Å². The molecule has 0 radical (unpaired) electrons. The van der Waals surface area contributed by atoms with Crippen LogP contribution in [0.5, 0.6) is 5.75 Å². The maximum absolute atomic E-state index is 14.0. The number of fused-ring (bicyclic) bond motifs is 1. The Balaban J connectivity index is 1.63. The number of aliphatic hydroxyl groups excluding tert-OH is 1. The number of rotatable bonds is 9. The monoisotopic (exact) mass is 620 g/mol. The number of benzene rings is 1. The third-order valence-electron chi connectivity index (χ3n) is 7.04. The summed E-state index contributed by atoms with van der Waals surface area (Å²) in [5.41, 5.74) is -0.937. The summed E-state index contributed by atoms with van der Waals surface area (Å²) in [4.78, 5) is 35.7. The molecule has 1 fully saturated rings. The van der Waals surface area contributed by atoms with Gasteiger partial charge in [-0.1, -0.05) is 23.7 Å². The molecule has 0 aliphatic carbocycles. The van der Waals surface area contributed by atoms with Crippen molar-refractivity contribution in [1.82, 2.24) is 19.1 Å². The predicted octanol–water partition coefficient (Wildman–Crippen LogP) is 4.72. The molecule has 1 aliphatic rings. The largest absolute Gasteiger partial charge is 0.573 e. The van der Waals surface area contributed by atoms with Gasteiger partial charge in [-0.3, -0.25) is 18.9 Å². The zero-order valence-corrected chi connectivity index (χ0v) is 23.8. The Morgan fingerprint density at radius 1 is 1.16 bits per heavy atom. The summed E-state index contributed by atoms with van der Waals surface area (Å²) in [5.74, 6) is -0.505. The SMILES string of the molecule is Cn1c(=O)n(CCCOC2CCCCO2)c(=O)c2c(C(O)c3ccc(Cl)cn3)c(-c3cccc(OC(F)(F)F)c3)cnc21. The van der Waals surface area contributed by atoms with E-state index < -0.39 is 29.5 Å². The zero-order valence-electron chi connectivity index (χ0n) is 23.0. The lowest BCUT2D eigenvalue weighted by atomic mass is 9.93. The molecule has 0 spiro atoms. The quantitative estimate of drug-likeness (QED) is 0.267. The molecule has 1 saturated heterocycles. The van der Waals surface area contributed by atoms with E-state index in [9.17, 15) is 27.9 Å². The normalized spacial score (nSPS) is 16.4. The molecule has 43 heavy (non-hydrogen) atoms. The van der Waals surface area contributed by atoms with Crippen LogP contribution in [0.2, 0.25) is 5.02 Å². The number of ether oxygens (including phenoxy) is 3. The number of halogens is 4. The third kappa shape index (κ3) is 6.90. The van der Waals surface area contributed by atoms with E-state index >= 15 is 0 Å². The predicted molar refractivity (Wildman–Crippen MR) is 151 cm³/mol. The summed E-state index contributed by atoms with van der Waals surface area (Å²) in [7, 11) is 1.44. The number of aliphatic hydroxyl groups is 1. The molecule has 14 heteroatoms. The van der Waals surface area contributed by atoms with E-state index in [1.54, 1.807) is 0 Å². The van der Waals surface area contributed by atoms with Gasteiger partial charge in [0, 0.05) is 43.7 Å². The van der Waals surface area contributed by atoms with E-state index in [1.807, 2.05) is 0 Å². The molecule has 5 rings (SSSR count). The lowest BCUT2D eigenvalue weighted by Gasteiger charge is -2.22. The number of aryl methyl sites for hydroxylation is 1. The summed E-state index contributed by atoms with van der Waals surface area (Å²) in [6.45, 7) is 0.859. The Bertz CT molecular complexity index is 1720. The van der Waals surface area contributed by atoms with E-state index in [0.29, 0.717) is 18.1 Å². The molecule has 228 valence electrons. The molecule has 4 heterocycles. The molecule has 2 unspecified atom stereocenters. The first kappa shape index (κ1) is 30.7. The third-order valence-corrected chi connectivity index (χ3v) is 7.27. The highest BCUT2D eigenvalue weighted by molar-refractivity contribution is 6.30. The fourth-order valence-electron chi connectivity index (χ4n) is 5.02. The van der Waals surface area contributed by atoms with Crippen LogP contribution in [0, 0.1) is 0 Å². The highest BCUT2D eigenvalue weighted by Crippen LogP contribution is 2.36. The van der Waals surface area contributed by atoms with E-state index in [1.165, 1.54) is 48.3 Å². The summed E-state index contributed by atoms with van der Waals surface area (Å²) < 4.78 is 56.5. The molecule has 4 aromatic rings. The second-order valence-corrected chi connectivity index (χ2v) is 10.4. The van der Waals surface area contributed by atoms with Crippen LogP contribution in [-0.4, -0.2) is 50.1 Å². The maximum Gasteiger partial charge on any atom is 0.573 e. The van der Waals surface area contributed by atoms with Gasteiger partial charge in [0.25, 0.3) is 5.56 Å². The van der Waals surface area contributed by atoms with Gasteiger partial charge in [-0.25, -0.2) is 9.78 Å². The highest BCUT2D eigenvalue weighted by atomic mass is 35.5. The molecule has 0 bridgehead atoms. The molecule has 1 aliphatic heterocycles. The smallest absolute Gasteiger partial charge is 0.406 e. The lowest BCUT2D eigenvalue weighted by molar-refractivity contribution is -0.274. The van der Waals surface area contributed by atoms with Crippen LogP contribution in [-0.2, 0) is 23.1 Å². The first-order chi connectivity index (χ1) is 20.5. The highest BCUT2D eigenvalue weighted by Gasteiger charge is 2.31. The van der Waals surface area contributed by atoms with Crippen LogP contribution in [0.3, 0.4) is 0 Å². The fraction of sp³-hybridized carbons (Fsp3) is 0.379. The minimum absolute atomic E-state index is 0.00202. The molecule has 10 nitrogen and oxygen atoms in total. The van der Waals surface area contributed by atoms with Crippen LogP contribution in [0.25, 0.3) is 22.2 Å². The zero-order chi connectivity index (χ0) is 30.7. The average molecular weight is 621 g/mol. The number of aromatic nitrogens is 4. The van der Waals surface area contributed by atoms with Crippen LogP contribution in [0.15, 0.2) is 58.4 Å². The van der Waals surface area contributed by atoms with E-state index in [2.05, 4.69) is 14.7 Å². The van der Waals surface area contributed by atoms with Crippen molar-refractivity contribution in [1.29, 1.82) is 0 Å². The number of alkyl halides is 3. The lowest BCUT2D eigenvalue weighted by Crippen LogP contribution is -2.40. The average Bonchev–Trinajstić information content (AvgIpc) is 2.98. The van der Waals surface area contributed by atoms with Gasteiger partial charge in [-0.15, -0.1) is 13.2 Å². The van der Waals surface area contributed by atoms with Gasteiger partial charge in [0.2, 0.25) is 0 Å². The molecule has 0 saturated carbocycles. The Hall–Kier alpha value is -3.78. The van der Waals surface area contributed by atoms with Crippen molar-refractivity contribution < 1.29 is 32.5 Å². The molecule has 1 N–H and O–H groups in total. The van der Waals surface area contributed by atoms with Crippen LogP contribution in [0.1, 0.15) is 43.0 Å². The first-order valence-corrected chi connectivity index (χ1v) is 13.9. The topological polar surface area (TPSA) is 118 Å². The van der Waals surface area contributed by atoms with Gasteiger partial charge in [0.1, 0.15) is 17.5 Å². The second kappa shape index (κ2) is 12.8. The van der Waals surface area contributed by atoms with E-state index in [4.69, 9.17) is 21.1 Å². The molecule has 1 aromatic carbocycles. The Morgan fingerprint density at radius 2 is 1.98 bits per heavy atom. The Morgan fingerprint density at radius 3 is 2.67 bits per heavy atom. The van der Waals surface area contributed by atoms with Crippen LogP contribution < -0.4 is 16.0 Å². The van der Waals surface area contributed by atoms with Gasteiger partial charge in [0.05, 0.1) is 22.7 Å². The number of nitrogens with zero attached hydrogens (tertiary/aromatic N) is 4. The second-order valence-electron chi connectivity index (χ2n) is 9.98. The van der Waals surface area contributed by atoms with E-state index in [-0.39, 0.29) is 52.9 Å². The van der Waals surface area contributed by atoms with Crippen molar-refractivity contribution in [3.05, 3.63) is 85.9 Å². The van der Waals surface area contributed by atoms with Gasteiger partial charge in [-0.2, -0.15) is 0 Å². The summed E-state index contributed by atoms with van der Waals surface area (Å²) >= 11 is 5.98. The minimum Gasteiger partial charge on any atom is -0.406 e. The van der Waals surface area contributed by atoms with Gasteiger partial charge >= 0.3 is 12.1 Å². The van der Waals surface area contributed by atoms with Crippen LogP contribution in [0.4, 0.5) is 13.2 Å². The fourth-order valence-corrected chi connectivity index (χ4v) is 5.13. The summed E-state index contributed by atoms with van der Waals surface area (Å²) in [6.07, 6.45) is -1.17. The van der Waals surface area contributed by atoms with Crippen molar-refractivity contribution in [2.75, 3.05) is 13.2 Å². The van der Waals surface area contributed by atoms with Gasteiger partial charge < -0.3 is 19.3 Å². The van der Waals surface area contributed by atoms with Crippen molar-refractivity contribution in [3.63, 3.8) is 0 Å². The molecule has 3 aromatic heterocycles. The summed E-state index contributed by atoms with van der Waals surface area (Å²) in [5, 5.41) is 11.8. The summed E-state index contributed by atoms with van der Waals surface area (Å²) in [6, 6.07) is 8.02. The minimum atomic E-state index is -4.94. The Kier molecular flexibility index (Phi) is 9.16. The molecule has 2 atom stereocenters. The van der Waals surface area contributed by atoms with Crippen molar-refractivity contribution >= 4 is 22.6 Å². The number of hydrogen-bond acceptors (Lipinski definition) is 8. The standard InChI is InChI=1S/C29H28ClF3N4O6/c1-36-26-24(27(39)37(28(36)40)11-5-13-42-22-8-2-3-12-41-22)23(25(38)21-10-9-18(30)15-34-21)20(16-35-26)17-6-4-7-19(14-17)43-29(31,32)33/h4,6-7,9-10,14-16,22,25,38H,2-3,5,8,11-13H2,1H3. The van der Waals surface area contributed by atoms with Gasteiger partial charge in [-0.05, 0) is 55.5 Å². The van der Waals surface area contributed by atoms with Crippen molar-refractivity contribution in [2.45, 2.75) is 51.0 Å². The first-order valence-electron chi connectivity index (χ1n) is 13.5. The van der Waals surface area contributed by atoms with Gasteiger partial charge in [0.15, 0.2) is 6.29 Å². The Labute approximate surface area is 248 Å². The number of pyridine rings is 2. The van der Waals surface area contributed by atoms with Crippen molar-refractivity contribution in [3.8, 4) is 16.9 Å². The molecular formula is C29H28ClF3N4O6. The molecular weight excluding hydrogens is 593 g/mol. The van der Waals surface area contributed by atoms with Crippen LogP contribution >= 0.6 is 11.6 Å². The maximum atomic E-state index is 14.0.